The summed E-state index contributed by atoms with van der Waals surface area (Å²) in [4.78, 5) is 38.3. The Morgan fingerprint density at radius 3 is 2.64 bits per heavy atom. The van der Waals surface area contributed by atoms with Crippen molar-refractivity contribution in [2.24, 2.45) is 18.7 Å². The Kier molecular flexibility index (Phi) is 4.59. The van der Waals surface area contributed by atoms with E-state index in [1.54, 1.807) is 13.1 Å². The fourth-order valence-corrected chi connectivity index (χ4v) is 3.33. The van der Waals surface area contributed by atoms with E-state index < -0.39 is 23.4 Å². The summed E-state index contributed by atoms with van der Waals surface area (Å²) >= 11 is 0. The number of benzene rings is 1. The van der Waals surface area contributed by atoms with Crippen LogP contribution in [0.4, 0.5) is 0 Å². The monoisotopic (exact) mass is 343 g/mol. The van der Waals surface area contributed by atoms with E-state index in [4.69, 9.17) is 5.73 Å². The van der Waals surface area contributed by atoms with E-state index in [-0.39, 0.29) is 24.7 Å². The molecule has 2 aromatic rings. The largest absolute Gasteiger partial charge is 0.481 e. The molecular formula is C18H21N3O4. The first-order valence-electron chi connectivity index (χ1n) is 8.25. The summed E-state index contributed by atoms with van der Waals surface area (Å²) in [6, 6.07) is 8.59. The summed E-state index contributed by atoms with van der Waals surface area (Å²) in [5.41, 5.74) is 6.37. The predicted octanol–water partition coefficient (Wildman–Crippen LogP) is 0.803. The van der Waals surface area contributed by atoms with Gasteiger partial charge in [0.15, 0.2) is 0 Å². The average Bonchev–Trinajstić information content (AvgIpc) is 2.79. The molecule has 2 heterocycles. The van der Waals surface area contributed by atoms with Crippen molar-refractivity contribution in [3.8, 4) is 0 Å². The molecule has 0 radical (unpaired) electrons. The van der Waals surface area contributed by atoms with Crippen molar-refractivity contribution in [2.45, 2.75) is 18.9 Å². The van der Waals surface area contributed by atoms with Gasteiger partial charge in [-0.25, -0.2) is 0 Å². The zero-order valence-electron chi connectivity index (χ0n) is 14.0. The number of carbonyl (C=O) groups is 2. The second-order valence-electron chi connectivity index (χ2n) is 6.56. The Labute approximate surface area is 144 Å². The lowest BCUT2D eigenvalue weighted by atomic mass is 10.0. The number of hydrogen-bond donors (Lipinski definition) is 2. The van der Waals surface area contributed by atoms with Gasteiger partial charge in [-0.15, -0.1) is 0 Å². The smallest absolute Gasteiger partial charge is 0.308 e. The number of carbonyl (C=O) groups excluding carboxylic acids is 1. The molecule has 1 aliphatic rings. The minimum atomic E-state index is -0.946. The van der Waals surface area contributed by atoms with Gasteiger partial charge in [-0.2, -0.15) is 0 Å². The van der Waals surface area contributed by atoms with Crippen molar-refractivity contribution in [3.05, 3.63) is 46.2 Å². The molecule has 0 saturated carbocycles. The van der Waals surface area contributed by atoms with Crippen LogP contribution in [0.5, 0.6) is 0 Å². The molecule has 1 aromatic carbocycles. The number of carboxylic acid groups (broad SMARTS) is 1. The van der Waals surface area contributed by atoms with Crippen LogP contribution < -0.4 is 11.3 Å². The van der Waals surface area contributed by atoms with Crippen LogP contribution in [0.15, 0.2) is 35.1 Å². The number of rotatable bonds is 2. The third-order valence-corrected chi connectivity index (χ3v) is 4.78. The maximum absolute atomic E-state index is 12.9. The van der Waals surface area contributed by atoms with E-state index in [0.717, 1.165) is 10.9 Å². The molecule has 0 unspecified atom stereocenters. The Balaban J connectivity index is 2.02. The Morgan fingerprint density at radius 2 is 1.92 bits per heavy atom. The number of aliphatic carboxylic acids is 1. The number of para-hydroxylation sites is 1. The van der Waals surface area contributed by atoms with Gasteiger partial charge in [0.2, 0.25) is 0 Å². The van der Waals surface area contributed by atoms with E-state index in [0.29, 0.717) is 12.8 Å². The minimum absolute atomic E-state index is 0.0411. The van der Waals surface area contributed by atoms with E-state index >= 15 is 0 Å². The highest BCUT2D eigenvalue weighted by Crippen LogP contribution is 2.19. The van der Waals surface area contributed by atoms with E-state index in [1.165, 1.54) is 9.47 Å². The summed E-state index contributed by atoms with van der Waals surface area (Å²) in [5, 5.41) is 10.1. The second-order valence-corrected chi connectivity index (χ2v) is 6.56. The number of fused-ring (bicyclic) bond motifs is 1. The summed E-state index contributed by atoms with van der Waals surface area (Å²) < 4.78 is 1.44. The van der Waals surface area contributed by atoms with Crippen LogP contribution in [0.3, 0.4) is 0 Å². The Bertz CT molecular complexity index is 890. The number of nitrogens with zero attached hydrogens (tertiary/aromatic N) is 2. The third-order valence-electron chi connectivity index (χ3n) is 4.78. The molecule has 132 valence electrons. The lowest BCUT2D eigenvalue weighted by Crippen LogP contribution is -2.43. The molecule has 25 heavy (non-hydrogen) atoms. The molecule has 3 N–H and O–H groups in total. The van der Waals surface area contributed by atoms with Gasteiger partial charge in [0.25, 0.3) is 11.5 Å². The molecule has 3 rings (SSSR count). The van der Waals surface area contributed by atoms with Crippen LogP contribution in [-0.2, 0) is 11.8 Å². The van der Waals surface area contributed by atoms with Gasteiger partial charge in [-0.1, -0.05) is 18.2 Å². The topological polar surface area (TPSA) is 106 Å². The van der Waals surface area contributed by atoms with Crippen LogP contribution >= 0.6 is 0 Å². The first kappa shape index (κ1) is 17.2. The summed E-state index contributed by atoms with van der Waals surface area (Å²) in [6.07, 6.45) is 0.965. The highest BCUT2D eigenvalue weighted by atomic mass is 16.4. The third kappa shape index (κ3) is 3.28. The average molecular weight is 343 g/mol. The SMILES string of the molecule is Cn1c(=O)c(C(=O)N2C[C@H](N)CC[C@H](C(=O)O)C2)cc2ccccc21. The molecule has 0 bridgehead atoms. The molecule has 1 aromatic heterocycles. The zero-order chi connectivity index (χ0) is 18.1. The number of aryl methyl sites for hydroxylation is 1. The molecule has 1 aliphatic heterocycles. The summed E-state index contributed by atoms with van der Waals surface area (Å²) in [5.74, 6) is -2.07. The van der Waals surface area contributed by atoms with Gasteiger partial charge >= 0.3 is 5.97 Å². The standard InChI is InChI=1S/C18H21N3O4/c1-20-15-5-3-2-4-11(15)8-14(16(20)22)17(23)21-9-12(18(24)25)6-7-13(19)10-21/h2-5,8,12-13H,6-7,9-10,19H2,1H3,(H,24,25)/t12-,13+/m0/s1. The number of nitrogens with two attached hydrogens (primary N) is 1. The fraction of sp³-hybridized carbons (Fsp3) is 0.389. The van der Waals surface area contributed by atoms with Crippen LogP contribution in [0.1, 0.15) is 23.2 Å². The first-order chi connectivity index (χ1) is 11.9. The van der Waals surface area contributed by atoms with Gasteiger partial charge in [-0.3, -0.25) is 14.4 Å². The lowest BCUT2D eigenvalue weighted by molar-refractivity contribution is -0.142. The van der Waals surface area contributed by atoms with Gasteiger partial charge in [-0.05, 0) is 30.4 Å². The molecule has 1 amide bonds. The van der Waals surface area contributed by atoms with Crippen molar-refractivity contribution >= 4 is 22.8 Å². The first-order valence-corrected chi connectivity index (χ1v) is 8.25. The van der Waals surface area contributed by atoms with Crippen molar-refractivity contribution in [1.29, 1.82) is 0 Å². The molecule has 0 spiro atoms. The number of hydrogen-bond acceptors (Lipinski definition) is 4. The van der Waals surface area contributed by atoms with Gasteiger partial charge in [0, 0.05) is 26.2 Å². The predicted molar refractivity (Wildman–Crippen MR) is 93.4 cm³/mol. The minimum Gasteiger partial charge on any atom is -0.481 e. The normalized spacial score (nSPS) is 21.1. The van der Waals surface area contributed by atoms with Crippen LogP contribution in [0.2, 0.25) is 0 Å². The maximum atomic E-state index is 12.9. The van der Waals surface area contributed by atoms with Crippen molar-refractivity contribution in [1.82, 2.24) is 9.47 Å². The Hall–Kier alpha value is -2.67. The molecule has 7 nitrogen and oxygen atoms in total. The highest BCUT2D eigenvalue weighted by Gasteiger charge is 2.31. The van der Waals surface area contributed by atoms with Gasteiger partial charge in [0.1, 0.15) is 5.56 Å². The highest BCUT2D eigenvalue weighted by molar-refractivity contribution is 5.97. The molecule has 0 aliphatic carbocycles. The van der Waals surface area contributed by atoms with Crippen molar-refractivity contribution in [2.75, 3.05) is 13.1 Å². The van der Waals surface area contributed by atoms with E-state index in [1.807, 2.05) is 24.3 Å². The van der Waals surface area contributed by atoms with E-state index in [9.17, 15) is 19.5 Å². The fourth-order valence-electron chi connectivity index (χ4n) is 3.33. The quantitative estimate of drug-likeness (QED) is 0.839. The van der Waals surface area contributed by atoms with Gasteiger partial charge < -0.3 is 20.3 Å². The van der Waals surface area contributed by atoms with Crippen molar-refractivity contribution < 1.29 is 14.7 Å². The maximum Gasteiger partial charge on any atom is 0.308 e. The number of likely N-dealkylation sites (tertiary alicyclic amines) is 1. The zero-order valence-corrected chi connectivity index (χ0v) is 14.0. The lowest BCUT2D eigenvalue weighted by Gasteiger charge is -2.24. The van der Waals surface area contributed by atoms with Gasteiger partial charge in [0.05, 0.1) is 11.4 Å². The Morgan fingerprint density at radius 1 is 1.20 bits per heavy atom. The van der Waals surface area contributed by atoms with Crippen LogP contribution in [0, 0.1) is 5.92 Å². The summed E-state index contributed by atoms with van der Waals surface area (Å²) in [7, 11) is 1.62. The van der Waals surface area contributed by atoms with Crippen LogP contribution in [0.25, 0.3) is 10.9 Å². The number of pyridine rings is 1. The van der Waals surface area contributed by atoms with Crippen molar-refractivity contribution in [3.63, 3.8) is 0 Å². The molecule has 1 saturated heterocycles. The number of carboxylic acids is 1. The van der Waals surface area contributed by atoms with Crippen LogP contribution in [-0.4, -0.2) is 45.6 Å². The molecule has 7 heteroatoms. The number of aromatic nitrogens is 1. The van der Waals surface area contributed by atoms with E-state index in [2.05, 4.69) is 0 Å². The number of amides is 1. The summed E-state index contributed by atoms with van der Waals surface area (Å²) in [6.45, 7) is 0.316. The second kappa shape index (κ2) is 6.68. The molecular weight excluding hydrogens is 322 g/mol. The molecule has 1 fully saturated rings. The molecule has 2 atom stereocenters.